The lowest BCUT2D eigenvalue weighted by Gasteiger charge is -2.11. The van der Waals surface area contributed by atoms with Gasteiger partial charge in [-0.15, -0.1) is 0 Å². The number of nitro groups is 1. The van der Waals surface area contributed by atoms with E-state index in [1.54, 1.807) is 18.2 Å². The number of nitrogens with zero attached hydrogens (tertiary/aromatic N) is 1. The molecule has 1 N–H and O–H groups in total. The summed E-state index contributed by atoms with van der Waals surface area (Å²) in [6.45, 7) is 1.48. The van der Waals surface area contributed by atoms with E-state index in [1.807, 2.05) is 6.92 Å². The first-order valence-corrected chi connectivity index (χ1v) is 6.92. The average Bonchev–Trinajstić information content (AvgIpc) is 2.55. The Hall–Kier alpha value is -3.16. The summed E-state index contributed by atoms with van der Waals surface area (Å²) in [7, 11) is 1.47. The molecule has 0 saturated carbocycles. The second-order valence-electron chi connectivity index (χ2n) is 4.91. The number of rotatable bonds is 6. The Morgan fingerprint density at radius 3 is 2.67 bits per heavy atom. The maximum Gasteiger partial charge on any atom is 0.271 e. The third-order valence-electron chi connectivity index (χ3n) is 3.11. The molecule has 0 atom stereocenters. The summed E-state index contributed by atoms with van der Waals surface area (Å²) < 4.78 is 24.1. The lowest BCUT2D eigenvalue weighted by Crippen LogP contribution is -2.21. The van der Waals surface area contributed by atoms with Crippen molar-refractivity contribution in [2.75, 3.05) is 19.0 Å². The fraction of sp³-hybridized carbons (Fsp3) is 0.188. The van der Waals surface area contributed by atoms with Crippen LogP contribution >= 0.6 is 0 Å². The van der Waals surface area contributed by atoms with Crippen LogP contribution in [0.1, 0.15) is 5.56 Å². The average molecular weight is 334 g/mol. The second-order valence-corrected chi connectivity index (χ2v) is 4.91. The monoisotopic (exact) mass is 334 g/mol. The summed E-state index contributed by atoms with van der Waals surface area (Å²) in [4.78, 5) is 21.9. The summed E-state index contributed by atoms with van der Waals surface area (Å²) >= 11 is 0. The first-order chi connectivity index (χ1) is 11.4. The van der Waals surface area contributed by atoms with Crippen LogP contribution in [-0.2, 0) is 4.79 Å². The van der Waals surface area contributed by atoms with E-state index in [0.717, 1.165) is 23.8 Å². The summed E-state index contributed by atoms with van der Waals surface area (Å²) in [5, 5.41) is 12.9. The Labute approximate surface area is 137 Å². The Balaban J connectivity index is 2.04. The number of carbonyl (C=O) groups is 1. The summed E-state index contributed by atoms with van der Waals surface area (Å²) in [5.74, 6) is -0.610. The largest absolute Gasteiger partial charge is 0.493 e. The van der Waals surface area contributed by atoms with Crippen LogP contribution in [0, 0.1) is 22.9 Å². The van der Waals surface area contributed by atoms with Crippen molar-refractivity contribution < 1.29 is 23.6 Å². The van der Waals surface area contributed by atoms with Crippen molar-refractivity contribution in [1.82, 2.24) is 0 Å². The number of nitrogens with one attached hydrogen (secondary N) is 1. The second kappa shape index (κ2) is 7.40. The van der Waals surface area contributed by atoms with Crippen molar-refractivity contribution >= 4 is 17.3 Å². The zero-order chi connectivity index (χ0) is 17.7. The predicted octanol–water partition coefficient (Wildman–Crippen LogP) is 3.07. The van der Waals surface area contributed by atoms with Crippen LogP contribution in [-0.4, -0.2) is 24.5 Å². The van der Waals surface area contributed by atoms with Crippen LogP contribution in [0.25, 0.3) is 0 Å². The number of ether oxygens (including phenoxy) is 2. The Kier molecular flexibility index (Phi) is 5.31. The molecule has 0 aliphatic carbocycles. The summed E-state index contributed by atoms with van der Waals surface area (Å²) in [5.41, 5.74) is 0.351. The number of nitro benzene ring substituents is 1. The number of aryl methyl sites for hydroxylation is 1. The lowest BCUT2D eigenvalue weighted by atomic mass is 10.2. The smallest absolute Gasteiger partial charge is 0.271 e. The number of methoxy groups -OCH3 is 1. The first-order valence-electron chi connectivity index (χ1n) is 6.92. The molecule has 0 saturated heterocycles. The quantitative estimate of drug-likeness (QED) is 0.647. The topological polar surface area (TPSA) is 90.7 Å². The highest BCUT2D eigenvalue weighted by Crippen LogP contribution is 2.28. The van der Waals surface area contributed by atoms with E-state index < -0.39 is 23.3 Å². The van der Waals surface area contributed by atoms with Gasteiger partial charge in [0, 0.05) is 12.1 Å². The summed E-state index contributed by atoms with van der Waals surface area (Å²) in [6, 6.07) is 8.05. The van der Waals surface area contributed by atoms with Crippen molar-refractivity contribution in [3.8, 4) is 11.5 Å². The van der Waals surface area contributed by atoms with Crippen LogP contribution in [0.15, 0.2) is 36.4 Å². The molecule has 2 rings (SSSR count). The van der Waals surface area contributed by atoms with Gasteiger partial charge in [-0.25, -0.2) is 4.39 Å². The predicted molar refractivity (Wildman–Crippen MR) is 84.9 cm³/mol. The van der Waals surface area contributed by atoms with Gasteiger partial charge in [-0.2, -0.15) is 0 Å². The number of non-ortho nitro benzene ring substituents is 1. The van der Waals surface area contributed by atoms with E-state index in [2.05, 4.69) is 5.32 Å². The standard InChI is InChI=1S/C16H15FN2O5/c1-10-3-6-14(15(7-10)23-2)24-9-16(20)18-13-8-11(19(21)22)4-5-12(13)17/h3-8H,9H2,1-2H3,(H,18,20). The van der Waals surface area contributed by atoms with E-state index in [4.69, 9.17) is 9.47 Å². The van der Waals surface area contributed by atoms with Gasteiger partial charge in [0.15, 0.2) is 18.1 Å². The molecule has 0 aliphatic rings. The van der Waals surface area contributed by atoms with Gasteiger partial charge in [0.2, 0.25) is 0 Å². The Morgan fingerprint density at radius 1 is 1.25 bits per heavy atom. The van der Waals surface area contributed by atoms with Gasteiger partial charge in [-0.05, 0) is 30.7 Å². The number of halogens is 1. The van der Waals surface area contributed by atoms with E-state index in [1.165, 1.54) is 7.11 Å². The SMILES string of the molecule is COc1cc(C)ccc1OCC(=O)Nc1cc([N+](=O)[O-])ccc1F. The molecule has 2 aromatic rings. The van der Waals surface area contributed by atoms with Gasteiger partial charge in [-0.3, -0.25) is 14.9 Å². The van der Waals surface area contributed by atoms with Crippen LogP contribution in [0.2, 0.25) is 0 Å². The molecule has 0 radical (unpaired) electrons. The molecule has 126 valence electrons. The molecule has 2 aromatic carbocycles. The van der Waals surface area contributed by atoms with Gasteiger partial charge < -0.3 is 14.8 Å². The Morgan fingerprint density at radius 2 is 2.00 bits per heavy atom. The number of anilines is 1. The third kappa shape index (κ3) is 4.19. The molecule has 0 heterocycles. The molecule has 0 bridgehead atoms. The van der Waals surface area contributed by atoms with Crippen LogP contribution in [0.3, 0.4) is 0 Å². The van der Waals surface area contributed by atoms with Crippen molar-refractivity contribution in [2.45, 2.75) is 6.92 Å². The van der Waals surface area contributed by atoms with Crippen LogP contribution in [0.4, 0.5) is 15.8 Å². The molecular weight excluding hydrogens is 319 g/mol. The zero-order valence-electron chi connectivity index (χ0n) is 13.0. The maximum atomic E-state index is 13.6. The molecule has 0 unspecified atom stereocenters. The lowest BCUT2D eigenvalue weighted by molar-refractivity contribution is -0.384. The van der Waals surface area contributed by atoms with Gasteiger partial charge in [0.25, 0.3) is 11.6 Å². The summed E-state index contributed by atoms with van der Waals surface area (Å²) in [6.07, 6.45) is 0. The Bertz CT molecular complexity index is 779. The van der Waals surface area contributed by atoms with E-state index in [9.17, 15) is 19.3 Å². The van der Waals surface area contributed by atoms with Gasteiger partial charge >= 0.3 is 0 Å². The van der Waals surface area contributed by atoms with Gasteiger partial charge in [0.05, 0.1) is 17.7 Å². The molecular formula is C16H15FN2O5. The van der Waals surface area contributed by atoms with Crippen LogP contribution < -0.4 is 14.8 Å². The number of amides is 1. The maximum absolute atomic E-state index is 13.6. The minimum absolute atomic E-state index is 0.284. The van der Waals surface area contributed by atoms with Gasteiger partial charge in [0.1, 0.15) is 5.82 Å². The fourth-order valence-electron chi connectivity index (χ4n) is 1.95. The van der Waals surface area contributed by atoms with E-state index >= 15 is 0 Å². The molecule has 7 nitrogen and oxygen atoms in total. The first kappa shape index (κ1) is 17.2. The molecule has 8 heteroatoms. The number of hydrogen-bond acceptors (Lipinski definition) is 5. The minimum Gasteiger partial charge on any atom is -0.493 e. The zero-order valence-corrected chi connectivity index (χ0v) is 13.0. The number of benzene rings is 2. The molecule has 0 aliphatic heterocycles. The minimum atomic E-state index is -0.776. The van der Waals surface area contributed by atoms with E-state index in [-0.39, 0.29) is 11.4 Å². The van der Waals surface area contributed by atoms with Crippen molar-refractivity contribution in [1.29, 1.82) is 0 Å². The third-order valence-corrected chi connectivity index (χ3v) is 3.11. The highest BCUT2D eigenvalue weighted by Gasteiger charge is 2.14. The molecule has 0 fully saturated rings. The van der Waals surface area contributed by atoms with Crippen molar-refractivity contribution in [2.24, 2.45) is 0 Å². The van der Waals surface area contributed by atoms with E-state index in [0.29, 0.717) is 11.5 Å². The fourth-order valence-corrected chi connectivity index (χ4v) is 1.95. The van der Waals surface area contributed by atoms with Crippen LogP contribution in [0.5, 0.6) is 11.5 Å². The normalized spacial score (nSPS) is 10.1. The van der Waals surface area contributed by atoms with Crippen molar-refractivity contribution in [3.05, 3.63) is 57.9 Å². The highest BCUT2D eigenvalue weighted by atomic mass is 19.1. The molecule has 1 amide bonds. The highest BCUT2D eigenvalue weighted by molar-refractivity contribution is 5.92. The molecule has 24 heavy (non-hydrogen) atoms. The number of carbonyl (C=O) groups excluding carboxylic acids is 1. The number of hydrogen-bond donors (Lipinski definition) is 1. The molecule has 0 spiro atoms. The van der Waals surface area contributed by atoms with Crippen molar-refractivity contribution in [3.63, 3.8) is 0 Å². The van der Waals surface area contributed by atoms with Gasteiger partial charge in [-0.1, -0.05) is 6.07 Å². The molecule has 0 aromatic heterocycles.